The van der Waals surface area contributed by atoms with Crippen molar-refractivity contribution in [1.82, 2.24) is 29.9 Å². The number of H-pyrrole nitrogens is 2. The van der Waals surface area contributed by atoms with E-state index in [0.717, 1.165) is 77.6 Å². The van der Waals surface area contributed by atoms with Crippen molar-refractivity contribution < 1.29 is 9.53 Å². The van der Waals surface area contributed by atoms with E-state index in [1.165, 1.54) is 22.3 Å². The minimum atomic E-state index is -0.448. The highest BCUT2D eigenvalue weighted by Crippen LogP contribution is 2.36. The minimum absolute atomic E-state index is 0.260. The largest absolute Gasteiger partial charge is 0.462 e. The van der Waals surface area contributed by atoms with Gasteiger partial charge < -0.3 is 14.7 Å². The summed E-state index contributed by atoms with van der Waals surface area (Å²) in [5.41, 5.74) is 13.2. The van der Waals surface area contributed by atoms with Crippen LogP contribution in [-0.4, -0.2) is 42.5 Å². The first-order chi connectivity index (χ1) is 20.3. The molecule has 0 atom stereocenters. The highest BCUT2D eigenvalue weighted by atomic mass is 16.5. The lowest BCUT2D eigenvalue weighted by molar-refractivity contribution is -0.136. The monoisotopic (exact) mass is 566 g/mol. The normalized spacial score (nSPS) is 13.3. The molecule has 0 aliphatic carbocycles. The van der Waals surface area contributed by atoms with E-state index >= 15 is 0 Å². The van der Waals surface area contributed by atoms with Gasteiger partial charge in [-0.25, -0.2) is 24.7 Å². The zero-order valence-electron chi connectivity index (χ0n) is 26.2. The Hall–Kier alpha value is -4.07. The predicted molar refractivity (Wildman–Crippen MR) is 171 cm³/mol. The van der Waals surface area contributed by atoms with E-state index in [9.17, 15) is 4.79 Å². The van der Waals surface area contributed by atoms with Crippen LogP contribution in [-0.2, 0) is 35.2 Å². The minimum Gasteiger partial charge on any atom is -0.462 e. The first-order valence-corrected chi connectivity index (χ1v) is 15.5. The Balaban J connectivity index is 2.01. The number of nitrogens with one attached hydrogen (secondary N) is 2. The van der Waals surface area contributed by atoms with Gasteiger partial charge in [0, 0.05) is 27.7 Å². The summed E-state index contributed by atoms with van der Waals surface area (Å²) in [6, 6.07) is 4.41. The number of aryl methyl sites for hydroxylation is 4. The third-order valence-electron chi connectivity index (χ3n) is 8.43. The molecule has 0 fully saturated rings. The third-order valence-corrected chi connectivity index (χ3v) is 8.43. The maximum absolute atomic E-state index is 13.2. The van der Waals surface area contributed by atoms with E-state index < -0.39 is 5.97 Å². The number of carbonyl (C=O) groups is 1. The molecule has 0 amide bonds. The molecular weight excluding hydrogens is 524 g/mol. The maximum Gasteiger partial charge on any atom is 0.342 e. The standard InChI is InChI=1S/C34H42N6O2/c1-9-19-20(10-2)26-17-28-22(12-4)24(14-6)32(37-28)40-33-29(34(41)42-15-7)18(8)30(39-33)38-31-23(13-5)21(11-3)27(36-31)16-25(19)35-26/h16-17,35H,9-15H2,1-8H3,(H,36,37,38,39,40). The van der Waals surface area contributed by atoms with Gasteiger partial charge in [-0.15, -0.1) is 0 Å². The Kier molecular flexibility index (Phi) is 8.43. The number of nitrogens with zero attached hydrogens (tertiary/aromatic N) is 4. The average molecular weight is 567 g/mol. The summed E-state index contributed by atoms with van der Waals surface area (Å²) in [4.78, 5) is 40.4. The van der Waals surface area contributed by atoms with Crippen LogP contribution in [0.3, 0.4) is 0 Å². The van der Waals surface area contributed by atoms with Crippen LogP contribution < -0.4 is 0 Å². The topological polar surface area (TPSA) is 109 Å². The molecule has 8 heteroatoms. The van der Waals surface area contributed by atoms with Gasteiger partial charge in [-0.2, -0.15) is 0 Å². The van der Waals surface area contributed by atoms with Gasteiger partial charge in [-0.1, -0.05) is 41.5 Å². The van der Waals surface area contributed by atoms with Gasteiger partial charge in [0.2, 0.25) is 0 Å². The molecule has 2 aliphatic rings. The molecule has 3 aromatic rings. The molecule has 2 aliphatic heterocycles. The molecule has 5 heterocycles. The summed E-state index contributed by atoms with van der Waals surface area (Å²) in [7, 11) is 0. The molecule has 42 heavy (non-hydrogen) atoms. The number of aromatic amines is 2. The van der Waals surface area contributed by atoms with Crippen LogP contribution >= 0.6 is 0 Å². The highest BCUT2D eigenvalue weighted by Gasteiger charge is 2.28. The Morgan fingerprint density at radius 3 is 1.81 bits per heavy atom. The summed E-state index contributed by atoms with van der Waals surface area (Å²) in [6.45, 7) is 16.9. The van der Waals surface area contributed by atoms with Crippen LogP contribution in [0.5, 0.6) is 0 Å². The summed E-state index contributed by atoms with van der Waals surface area (Å²) >= 11 is 0. The fourth-order valence-corrected chi connectivity index (χ4v) is 6.42. The lowest BCUT2D eigenvalue weighted by Crippen LogP contribution is -2.08. The fraction of sp³-hybridized carbons (Fsp3) is 0.441. The molecule has 220 valence electrons. The van der Waals surface area contributed by atoms with Crippen molar-refractivity contribution in [1.29, 1.82) is 0 Å². The second-order valence-corrected chi connectivity index (χ2v) is 10.6. The smallest absolute Gasteiger partial charge is 0.342 e. The molecule has 5 rings (SSSR count). The van der Waals surface area contributed by atoms with Gasteiger partial charge in [0.25, 0.3) is 0 Å². The van der Waals surface area contributed by atoms with Crippen LogP contribution in [0.25, 0.3) is 44.5 Å². The summed E-state index contributed by atoms with van der Waals surface area (Å²) < 4.78 is 5.45. The van der Waals surface area contributed by atoms with Gasteiger partial charge in [0.15, 0.2) is 17.5 Å². The molecule has 0 spiro atoms. The number of hydrogen-bond acceptors (Lipinski definition) is 6. The Labute approximate surface area is 247 Å². The van der Waals surface area contributed by atoms with E-state index in [1.807, 2.05) is 6.92 Å². The van der Waals surface area contributed by atoms with Crippen molar-refractivity contribution >= 4 is 50.5 Å². The summed E-state index contributed by atoms with van der Waals surface area (Å²) in [5, 5.41) is 0. The Bertz CT molecular complexity index is 1790. The van der Waals surface area contributed by atoms with Crippen LogP contribution in [0, 0.1) is 0 Å². The van der Waals surface area contributed by atoms with Gasteiger partial charge >= 0.3 is 5.97 Å². The van der Waals surface area contributed by atoms with Crippen LogP contribution in [0.1, 0.15) is 114 Å². The first kappa shape index (κ1) is 29.4. The third kappa shape index (κ3) is 4.86. The molecule has 0 aromatic carbocycles. The molecule has 0 saturated heterocycles. The highest BCUT2D eigenvalue weighted by molar-refractivity contribution is 6.24. The van der Waals surface area contributed by atoms with Crippen molar-refractivity contribution in [2.24, 2.45) is 0 Å². The van der Waals surface area contributed by atoms with Crippen LogP contribution in [0.2, 0.25) is 0 Å². The number of hydrogen-bond donors (Lipinski definition) is 2. The quantitative estimate of drug-likeness (QED) is 0.272. The van der Waals surface area contributed by atoms with Crippen molar-refractivity contribution in [2.45, 2.75) is 93.9 Å². The van der Waals surface area contributed by atoms with Gasteiger partial charge in [-0.05, 0) is 92.3 Å². The van der Waals surface area contributed by atoms with Crippen molar-refractivity contribution in [3.8, 4) is 0 Å². The van der Waals surface area contributed by atoms with Crippen molar-refractivity contribution in [3.63, 3.8) is 0 Å². The molecule has 8 nitrogen and oxygen atoms in total. The first-order valence-electron chi connectivity index (χ1n) is 15.5. The molecule has 8 bridgehead atoms. The van der Waals surface area contributed by atoms with Crippen molar-refractivity contribution in [2.75, 3.05) is 6.61 Å². The molecular formula is C34H42N6O2. The zero-order chi connectivity index (χ0) is 30.1. The lowest BCUT2D eigenvalue weighted by Gasteiger charge is -2.04. The number of aromatic nitrogens is 6. The molecule has 3 aromatic heterocycles. The van der Waals surface area contributed by atoms with E-state index in [-0.39, 0.29) is 6.61 Å². The molecule has 0 radical (unpaired) electrons. The van der Waals surface area contributed by atoms with Gasteiger partial charge in [-0.3, -0.25) is 0 Å². The second kappa shape index (κ2) is 12.0. The number of fused-ring (bicyclic) bond motifs is 8. The maximum atomic E-state index is 13.2. The van der Waals surface area contributed by atoms with Crippen LogP contribution in [0.4, 0.5) is 0 Å². The molecule has 2 N–H and O–H groups in total. The SMILES string of the molecule is CCOC(=O)C1=C(C)c2nc1nc1nc(cc3[nH]c(cc4[nH]c(n2)c(CC)c4CC)c(CC)c3CC)C(CC)=C1CC. The van der Waals surface area contributed by atoms with Gasteiger partial charge in [0.1, 0.15) is 11.2 Å². The Morgan fingerprint density at radius 2 is 1.21 bits per heavy atom. The van der Waals surface area contributed by atoms with Crippen molar-refractivity contribution in [3.05, 3.63) is 57.6 Å². The second-order valence-electron chi connectivity index (χ2n) is 10.6. The lowest BCUT2D eigenvalue weighted by atomic mass is 10.0. The van der Waals surface area contributed by atoms with Gasteiger partial charge in [0.05, 0.1) is 12.3 Å². The summed E-state index contributed by atoms with van der Waals surface area (Å²) in [6.07, 6.45) is 5.10. The molecule has 0 unspecified atom stereocenters. The number of ether oxygens (including phenoxy) is 1. The summed E-state index contributed by atoms with van der Waals surface area (Å²) in [5.74, 6) is 0.913. The van der Waals surface area contributed by atoms with E-state index in [2.05, 4.69) is 63.6 Å². The molecule has 0 saturated carbocycles. The van der Waals surface area contributed by atoms with E-state index in [4.69, 9.17) is 24.7 Å². The van der Waals surface area contributed by atoms with E-state index in [1.54, 1.807) is 6.92 Å². The van der Waals surface area contributed by atoms with E-state index in [0.29, 0.717) is 28.6 Å². The number of carbonyl (C=O) groups excluding carboxylic acids is 1. The number of rotatable bonds is 8. The van der Waals surface area contributed by atoms with Crippen LogP contribution in [0.15, 0.2) is 12.1 Å². The zero-order valence-corrected chi connectivity index (χ0v) is 26.2. The fourth-order valence-electron chi connectivity index (χ4n) is 6.42. The Morgan fingerprint density at radius 1 is 0.643 bits per heavy atom. The average Bonchev–Trinajstić information content (AvgIpc) is 3.68. The number of esters is 1. The predicted octanol–water partition coefficient (Wildman–Crippen LogP) is 7.58. The number of allylic oxidation sites excluding steroid dienone is 3.